The first kappa shape index (κ1) is 34.9. The van der Waals surface area contributed by atoms with Crippen LogP contribution in [0.5, 0.6) is 0 Å². The second-order valence-corrected chi connectivity index (χ2v) is 12.9. The van der Waals surface area contributed by atoms with E-state index in [9.17, 15) is 14.7 Å². The van der Waals surface area contributed by atoms with Crippen LogP contribution in [-0.4, -0.2) is 48.2 Å². The number of hydrogen-bond donors (Lipinski definition) is 3. The Balaban J connectivity index is 0.000000408. The van der Waals surface area contributed by atoms with Gasteiger partial charge in [-0.2, -0.15) is 0 Å². The number of nitrogens with one attached hydrogen (secondary N) is 2. The molecule has 0 saturated carbocycles. The fourth-order valence-corrected chi connectivity index (χ4v) is 3.19. The van der Waals surface area contributed by atoms with Crippen LogP contribution in [0, 0.1) is 10.8 Å². The molecule has 40 heavy (non-hydrogen) atoms. The number of aliphatic hydroxyl groups excluding tert-OH is 1. The molecular formula is C32H50N2O6. The SMILES string of the molecule is CC(C)(C)OC[C@@H](NC(=O)OCc1ccccc1)C(C)(C)C.CC(C)(C)[C@@H](CO)NC(=O)OCc1ccccc1. The van der Waals surface area contributed by atoms with Crippen molar-refractivity contribution in [1.82, 2.24) is 10.6 Å². The van der Waals surface area contributed by atoms with Gasteiger partial charge in [0.1, 0.15) is 13.2 Å². The van der Waals surface area contributed by atoms with E-state index in [4.69, 9.17) is 14.2 Å². The van der Waals surface area contributed by atoms with Gasteiger partial charge < -0.3 is 30.0 Å². The largest absolute Gasteiger partial charge is 0.445 e. The van der Waals surface area contributed by atoms with Crippen LogP contribution in [-0.2, 0) is 27.4 Å². The monoisotopic (exact) mass is 558 g/mol. The Bertz CT molecular complexity index is 992. The predicted molar refractivity (Wildman–Crippen MR) is 159 cm³/mol. The van der Waals surface area contributed by atoms with Gasteiger partial charge in [0.2, 0.25) is 0 Å². The predicted octanol–water partition coefficient (Wildman–Crippen LogP) is 6.46. The van der Waals surface area contributed by atoms with Crippen LogP contribution in [0.4, 0.5) is 9.59 Å². The molecule has 0 aliphatic rings. The van der Waals surface area contributed by atoms with Gasteiger partial charge in [0.15, 0.2) is 0 Å². The molecular weight excluding hydrogens is 508 g/mol. The molecule has 0 aliphatic carbocycles. The van der Waals surface area contributed by atoms with Crippen molar-refractivity contribution in [2.45, 2.75) is 93.2 Å². The summed E-state index contributed by atoms with van der Waals surface area (Å²) in [6.07, 6.45) is -0.922. The number of alkyl carbamates (subject to hydrolysis) is 2. The van der Waals surface area contributed by atoms with Gasteiger partial charge in [0.25, 0.3) is 0 Å². The summed E-state index contributed by atoms with van der Waals surface area (Å²) in [5.74, 6) is 0. The molecule has 0 bridgehead atoms. The topological polar surface area (TPSA) is 106 Å². The molecule has 0 fully saturated rings. The number of ether oxygens (including phenoxy) is 3. The first-order valence-corrected chi connectivity index (χ1v) is 13.7. The molecule has 2 amide bonds. The van der Waals surface area contributed by atoms with Crippen molar-refractivity contribution in [3.63, 3.8) is 0 Å². The molecule has 0 heterocycles. The van der Waals surface area contributed by atoms with Crippen LogP contribution in [0.1, 0.15) is 73.4 Å². The lowest BCUT2D eigenvalue weighted by Crippen LogP contribution is -2.48. The zero-order valence-electron chi connectivity index (χ0n) is 25.7. The lowest BCUT2D eigenvalue weighted by molar-refractivity contribution is -0.0293. The lowest BCUT2D eigenvalue weighted by atomic mass is 9.87. The summed E-state index contributed by atoms with van der Waals surface area (Å²) in [7, 11) is 0. The van der Waals surface area contributed by atoms with Crippen LogP contribution in [0.15, 0.2) is 60.7 Å². The fourth-order valence-electron chi connectivity index (χ4n) is 3.19. The van der Waals surface area contributed by atoms with Crippen molar-refractivity contribution in [2.75, 3.05) is 13.2 Å². The Morgan fingerprint density at radius 3 is 1.38 bits per heavy atom. The van der Waals surface area contributed by atoms with Gasteiger partial charge in [-0.3, -0.25) is 0 Å². The number of benzene rings is 2. The normalized spacial score (nSPS) is 13.2. The standard InChI is InChI=1S/C18H29NO3.C14H21NO3/c1-17(2,3)15(13-22-18(4,5)6)19-16(20)21-12-14-10-8-7-9-11-14;1-14(2,3)12(9-16)15-13(17)18-10-11-7-5-4-6-8-11/h7-11,15H,12-13H2,1-6H3,(H,19,20);4-8,12,16H,9-10H2,1-3H3,(H,15,17)/t15-;12-/m11/s1. The third kappa shape index (κ3) is 15.5. The minimum Gasteiger partial charge on any atom is -0.445 e. The summed E-state index contributed by atoms with van der Waals surface area (Å²) in [5, 5.41) is 14.8. The molecule has 0 unspecified atom stereocenters. The molecule has 0 saturated heterocycles. The van der Waals surface area contributed by atoms with Gasteiger partial charge in [-0.15, -0.1) is 0 Å². The summed E-state index contributed by atoms with van der Waals surface area (Å²) in [4.78, 5) is 23.6. The molecule has 0 radical (unpaired) electrons. The molecule has 2 rings (SSSR count). The number of hydrogen-bond acceptors (Lipinski definition) is 6. The minimum absolute atomic E-state index is 0.107. The van der Waals surface area contributed by atoms with Crippen molar-refractivity contribution in [3.8, 4) is 0 Å². The van der Waals surface area contributed by atoms with Crippen molar-refractivity contribution < 1.29 is 28.9 Å². The van der Waals surface area contributed by atoms with E-state index in [1.165, 1.54) is 0 Å². The molecule has 0 aliphatic heterocycles. The highest BCUT2D eigenvalue weighted by atomic mass is 16.6. The maximum Gasteiger partial charge on any atom is 0.407 e. The highest BCUT2D eigenvalue weighted by Gasteiger charge is 2.29. The van der Waals surface area contributed by atoms with Crippen molar-refractivity contribution in [2.24, 2.45) is 10.8 Å². The molecule has 2 atom stereocenters. The zero-order chi connectivity index (χ0) is 30.4. The van der Waals surface area contributed by atoms with Crippen molar-refractivity contribution >= 4 is 12.2 Å². The van der Waals surface area contributed by atoms with E-state index in [0.717, 1.165) is 11.1 Å². The Labute approximate surface area is 240 Å². The van der Waals surface area contributed by atoms with Gasteiger partial charge in [0, 0.05) is 0 Å². The molecule has 3 N–H and O–H groups in total. The van der Waals surface area contributed by atoms with Gasteiger partial charge in [-0.05, 0) is 42.7 Å². The third-order valence-electron chi connectivity index (χ3n) is 5.97. The summed E-state index contributed by atoms with van der Waals surface area (Å²) in [5.41, 5.74) is 1.34. The Morgan fingerprint density at radius 2 is 1.05 bits per heavy atom. The number of amides is 2. The smallest absolute Gasteiger partial charge is 0.407 e. The summed E-state index contributed by atoms with van der Waals surface area (Å²) >= 11 is 0. The average molecular weight is 559 g/mol. The number of aliphatic hydroxyl groups is 1. The van der Waals surface area contributed by atoms with Crippen LogP contribution >= 0.6 is 0 Å². The van der Waals surface area contributed by atoms with E-state index in [1.54, 1.807) is 0 Å². The van der Waals surface area contributed by atoms with E-state index in [0.29, 0.717) is 6.61 Å². The number of carbonyl (C=O) groups excluding carboxylic acids is 2. The second kappa shape index (κ2) is 16.2. The number of rotatable bonds is 9. The molecule has 2 aromatic carbocycles. The molecule has 8 heteroatoms. The van der Waals surface area contributed by atoms with E-state index < -0.39 is 12.2 Å². The summed E-state index contributed by atoms with van der Waals surface area (Å²) in [6.45, 7) is 18.9. The van der Waals surface area contributed by atoms with Crippen LogP contribution in [0.3, 0.4) is 0 Å². The lowest BCUT2D eigenvalue weighted by Gasteiger charge is -2.33. The maximum absolute atomic E-state index is 12.0. The quantitative estimate of drug-likeness (QED) is 0.326. The Morgan fingerprint density at radius 1 is 0.675 bits per heavy atom. The molecule has 224 valence electrons. The van der Waals surface area contributed by atoms with E-state index in [-0.39, 0.29) is 48.3 Å². The van der Waals surface area contributed by atoms with E-state index >= 15 is 0 Å². The molecule has 0 aromatic heterocycles. The summed E-state index contributed by atoms with van der Waals surface area (Å²) in [6, 6.07) is 18.7. The van der Waals surface area contributed by atoms with Gasteiger partial charge in [-0.1, -0.05) is 102 Å². The maximum atomic E-state index is 12.0. The third-order valence-corrected chi connectivity index (χ3v) is 5.97. The molecule has 2 aromatic rings. The van der Waals surface area contributed by atoms with E-state index in [2.05, 4.69) is 31.4 Å². The van der Waals surface area contributed by atoms with E-state index in [1.807, 2.05) is 102 Å². The minimum atomic E-state index is -0.507. The van der Waals surface area contributed by atoms with Crippen LogP contribution in [0.2, 0.25) is 0 Å². The van der Waals surface area contributed by atoms with Gasteiger partial charge >= 0.3 is 12.2 Å². The van der Waals surface area contributed by atoms with Crippen LogP contribution < -0.4 is 10.6 Å². The molecule has 0 spiro atoms. The average Bonchev–Trinajstić information content (AvgIpc) is 2.87. The molecule has 8 nitrogen and oxygen atoms in total. The second-order valence-electron chi connectivity index (χ2n) is 12.9. The summed E-state index contributed by atoms with van der Waals surface area (Å²) < 4.78 is 16.2. The fraction of sp³-hybridized carbons (Fsp3) is 0.562. The van der Waals surface area contributed by atoms with Crippen LogP contribution in [0.25, 0.3) is 0 Å². The highest BCUT2D eigenvalue weighted by molar-refractivity contribution is 5.68. The zero-order valence-corrected chi connectivity index (χ0v) is 25.7. The first-order chi connectivity index (χ1) is 18.5. The van der Waals surface area contributed by atoms with Crippen molar-refractivity contribution in [1.29, 1.82) is 0 Å². The number of carbonyl (C=O) groups is 2. The van der Waals surface area contributed by atoms with Gasteiger partial charge in [-0.25, -0.2) is 9.59 Å². The first-order valence-electron chi connectivity index (χ1n) is 13.7. The Hall–Kier alpha value is -3.10. The highest BCUT2D eigenvalue weighted by Crippen LogP contribution is 2.22. The van der Waals surface area contributed by atoms with Crippen molar-refractivity contribution in [3.05, 3.63) is 71.8 Å². The van der Waals surface area contributed by atoms with Gasteiger partial charge in [0.05, 0.1) is 30.9 Å². The Kier molecular flexibility index (Phi) is 14.2.